The van der Waals surface area contributed by atoms with Crippen molar-refractivity contribution >= 4 is 29.1 Å². The van der Waals surface area contributed by atoms with E-state index in [0.29, 0.717) is 24.5 Å². The second kappa shape index (κ2) is 8.15. The molecule has 1 aliphatic heterocycles. The zero-order valence-electron chi connectivity index (χ0n) is 12.8. The fourth-order valence-corrected chi connectivity index (χ4v) is 2.63. The maximum atomic E-state index is 12.4. The molecule has 2 N–H and O–H groups in total. The number of hydrogen-bond donors (Lipinski definition) is 2. The van der Waals surface area contributed by atoms with Crippen LogP contribution < -0.4 is 15.5 Å². The first-order valence-electron chi connectivity index (χ1n) is 7.69. The summed E-state index contributed by atoms with van der Waals surface area (Å²) < 4.78 is 0. The van der Waals surface area contributed by atoms with Crippen LogP contribution in [0.3, 0.4) is 0 Å². The van der Waals surface area contributed by atoms with Crippen LogP contribution in [0.25, 0.3) is 0 Å². The third kappa shape index (κ3) is 4.21. The summed E-state index contributed by atoms with van der Waals surface area (Å²) in [5, 5.41) is 6.66. The van der Waals surface area contributed by atoms with E-state index < -0.39 is 5.92 Å². The number of nitrogens with zero attached hydrogens (tertiary/aromatic N) is 1. The van der Waals surface area contributed by atoms with Crippen LogP contribution in [0.1, 0.15) is 19.8 Å². The summed E-state index contributed by atoms with van der Waals surface area (Å²) in [6.45, 7) is 4.86. The maximum absolute atomic E-state index is 12.4. The molecule has 0 bridgehead atoms. The normalized spacial score (nSPS) is 17.8. The molecule has 0 aromatic heterocycles. The van der Waals surface area contributed by atoms with Gasteiger partial charge in [-0.2, -0.15) is 0 Å². The number of anilines is 1. The highest BCUT2D eigenvalue weighted by molar-refractivity contribution is 6.30. The average molecular weight is 324 g/mol. The molecular formula is C16H22ClN3O2. The summed E-state index contributed by atoms with van der Waals surface area (Å²) in [6, 6.07) is 7.10. The fourth-order valence-electron chi connectivity index (χ4n) is 2.50. The van der Waals surface area contributed by atoms with Gasteiger partial charge in [-0.3, -0.25) is 9.59 Å². The van der Waals surface area contributed by atoms with Gasteiger partial charge in [0.1, 0.15) is 5.92 Å². The van der Waals surface area contributed by atoms with Gasteiger partial charge in [-0.15, -0.1) is 0 Å². The number of carbonyl (C=O) groups excluding carboxylic acids is 2. The van der Waals surface area contributed by atoms with Crippen molar-refractivity contribution in [3.8, 4) is 0 Å². The number of carbonyl (C=O) groups is 2. The van der Waals surface area contributed by atoms with Crippen LogP contribution in [0, 0.1) is 5.92 Å². The summed E-state index contributed by atoms with van der Waals surface area (Å²) in [7, 11) is 0. The Morgan fingerprint density at radius 3 is 2.68 bits per heavy atom. The van der Waals surface area contributed by atoms with E-state index in [9.17, 15) is 9.59 Å². The molecule has 0 aliphatic carbocycles. The number of benzene rings is 1. The second-order valence-corrected chi connectivity index (χ2v) is 5.79. The molecule has 22 heavy (non-hydrogen) atoms. The van der Waals surface area contributed by atoms with E-state index in [1.165, 1.54) is 0 Å². The lowest BCUT2D eigenvalue weighted by atomic mass is 10.1. The monoisotopic (exact) mass is 323 g/mol. The Morgan fingerprint density at radius 2 is 2.00 bits per heavy atom. The predicted octanol–water partition coefficient (Wildman–Crippen LogP) is 1.81. The van der Waals surface area contributed by atoms with Gasteiger partial charge in [-0.25, -0.2) is 0 Å². The van der Waals surface area contributed by atoms with Gasteiger partial charge in [-0.1, -0.05) is 18.5 Å². The van der Waals surface area contributed by atoms with E-state index in [2.05, 4.69) is 17.6 Å². The third-order valence-corrected chi connectivity index (χ3v) is 3.94. The first-order valence-corrected chi connectivity index (χ1v) is 8.06. The van der Waals surface area contributed by atoms with Crippen molar-refractivity contribution in [1.29, 1.82) is 0 Å². The van der Waals surface area contributed by atoms with E-state index >= 15 is 0 Å². The summed E-state index contributed by atoms with van der Waals surface area (Å²) in [5.74, 6) is -0.900. The van der Waals surface area contributed by atoms with Gasteiger partial charge in [0.05, 0.1) is 0 Å². The molecule has 1 unspecified atom stereocenters. The van der Waals surface area contributed by atoms with E-state index in [1.54, 1.807) is 29.2 Å². The standard InChI is InChI=1S/C16H22ClN3O2/c1-2-8-18-9-10-19-15(21)14-7-11-20(16(14)22)13-5-3-12(17)4-6-13/h3-6,14,18H,2,7-11H2,1H3,(H,19,21). The predicted molar refractivity (Wildman–Crippen MR) is 88.1 cm³/mol. The Hall–Kier alpha value is -1.59. The van der Waals surface area contributed by atoms with Gasteiger partial charge < -0.3 is 15.5 Å². The fraction of sp³-hybridized carbons (Fsp3) is 0.500. The highest BCUT2D eigenvalue weighted by Gasteiger charge is 2.37. The van der Waals surface area contributed by atoms with Crippen LogP contribution in [0.15, 0.2) is 24.3 Å². The van der Waals surface area contributed by atoms with E-state index in [4.69, 9.17) is 11.6 Å². The second-order valence-electron chi connectivity index (χ2n) is 5.35. The maximum Gasteiger partial charge on any atom is 0.239 e. The topological polar surface area (TPSA) is 61.4 Å². The molecule has 2 rings (SSSR count). The van der Waals surface area contributed by atoms with Crippen molar-refractivity contribution in [1.82, 2.24) is 10.6 Å². The summed E-state index contributed by atoms with van der Waals surface area (Å²) in [4.78, 5) is 26.1. The number of amides is 2. The summed E-state index contributed by atoms with van der Waals surface area (Å²) in [5.41, 5.74) is 0.786. The zero-order valence-corrected chi connectivity index (χ0v) is 13.5. The van der Waals surface area contributed by atoms with Crippen LogP contribution >= 0.6 is 11.6 Å². The molecule has 0 radical (unpaired) electrons. The zero-order chi connectivity index (χ0) is 15.9. The highest BCUT2D eigenvalue weighted by Crippen LogP contribution is 2.26. The van der Waals surface area contributed by atoms with Crippen molar-refractivity contribution in [2.24, 2.45) is 5.92 Å². The molecule has 1 fully saturated rings. The summed E-state index contributed by atoms with van der Waals surface area (Å²) in [6.07, 6.45) is 1.61. The minimum absolute atomic E-state index is 0.138. The van der Waals surface area contributed by atoms with Crippen LogP contribution in [-0.2, 0) is 9.59 Å². The van der Waals surface area contributed by atoms with Crippen LogP contribution in [0.2, 0.25) is 5.02 Å². The van der Waals surface area contributed by atoms with Gasteiger partial charge in [0.2, 0.25) is 11.8 Å². The molecule has 120 valence electrons. The Bertz CT molecular complexity index is 519. The van der Waals surface area contributed by atoms with Gasteiger partial charge in [0.15, 0.2) is 0 Å². The molecule has 0 spiro atoms. The van der Waals surface area contributed by atoms with Crippen molar-refractivity contribution in [2.45, 2.75) is 19.8 Å². The molecule has 2 amide bonds. The van der Waals surface area contributed by atoms with Gasteiger partial charge in [-0.05, 0) is 43.7 Å². The van der Waals surface area contributed by atoms with E-state index in [0.717, 1.165) is 25.2 Å². The molecule has 0 saturated carbocycles. The van der Waals surface area contributed by atoms with Crippen molar-refractivity contribution in [3.05, 3.63) is 29.3 Å². The molecule has 1 atom stereocenters. The molecule has 1 heterocycles. The molecule has 1 saturated heterocycles. The van der Waals surface area contributed by atoms with Crippen LogP contribution in [0.5, 0.6) is 0 Å². The highest BCUT2D eigenvalue weighted by atomic mass is 35.5. The molecule has 5 nitrogen and oxygen atoms in total. The number of halogens is 1. The minimum atomic E-state index is -0.582. The minimum Gasteiger partial charge on any atom is -0.354 e. The van der Waals surface area contributed by atoms with E-state index in [1.807, 2.05) is 0 Å². The Morgan fingerprint density at radius 1 is 1.27 bits per heavy atom. The first-order chi connectivity index (χ1) is 10.6. The van der Waals surface area contributed by atoms with Crippen molar-refractivity contribution < 1.29 is 9.59 Å². The molecule has 1 aromatic carbocycles. The van der Waals surface area contributed by atoms with Gasteiger partial charge in [0, 0.05) is 30.3 Å². The summed E-state index contributed by atoms with van der Waals surface area (Å²) >= 11 is 5.85. The number of nitrogens with one attached hydrogen (secondary N) is 2. The lowest BCUT2D eigenvalue weighted by Crippen LogP contribution is -2.39. The quantitative estimate of drug-likeness (QED) is 0.594. The lowest BCUT2D eigenvalue weighted by molar-refractivity contribution is -0.132. The van der Waals surface area contributed by atoms with Gasteiger partial charge >= 0.3 is 0 Å². The smallest absolute Gasteiger partial charge is 0.239 e. The SMILES string of the molecule is CCCNCCNC(=O)C1CCN(c2ccc(Cl)cc2)C1=O. The average Bonchev–Trinajstić information content (AvgIpc) is 2.89. The largest absolute Gasteiger partial charge is 0.354 e. The van der Waals surface area contributed by atoms with Crippen molar-refractivity contribution in [2.75, 3.05) is 31.1 Å². The van der Waals surface area contributed by atoms with Gasteiger partial charge in [0.25, 0.3) is 0 Å². The van der Waals surface area contributed by atoms with Crippen molar-refractivity contribution in [3.63, 3.8) is 0 Å². The number of rotatable bonds is 7. The van der Waals surface area contributed by atoms with Crippen LogP contribution in [-0.4, -0.2) is 38.0 Å². The lowest BCUT2D eigenvalue weighted by Gasteiger charge is -2.17. The molecule has 1 aromatic rings. The first kappa shape index (κ1) is 16.8. The van der Waals surface area contributed by atoms with Crippen LogP contribution in [0.4, 0.5) is 5.69 Å². The molecule has 1 aliphatic rings. The number of hydrogen-bond acceptors (Lipinski definition) is 3. The Kier molecular flexibility index (Phi) is 6.21. The molecular weight excluding hydrogens is 302 g/mol. The molecule has 6 heteroatoms. The Balaban J connectivity index is 1.85. The Labute approximate surface area is 136 Å². The van der Waals surface area contributed by atoms with E-state index in [-0.39, 0.29) is 11.8 Å². The third-order valence-electron chi connectivity index (χ3n) is 3.69.